The number of nitrogens with two attached hydrogens (primary N) is 1. The lowest BCUT2D eigenvalue weighted by atomic mass is 9.74. The van der Waals surface area contributed by atoms with Crippen LogP contribution in [-0.4, -0.2) is 24.6 Å². The Morgan fingerprint density at radius 3 is 2.57 bits per heavy atom. The topological polar surface area (TPSA) is 64.3 Å². The molecule has 4 nitrogen and oxygen atoms in total. The van der Waals surface area contributed by atoms with Gasteiger partial charge in [0.25, 0.3) is 0 Å². The van der Waals surface area contributed by atoms with Gasteiger partial charge in [0.1, 0.15) is 12.4 Å². The van der Waals surface area contributed by atoms with Gasteiger partial charge in [-0.3, -0.25) is 4.79 Å². The third-order valence-electron chi connectivity index (χ3n) is 4.44. The van der Waals surface area contributed by atoms with Crippen LogP contribution in [0.15, 0.2) is 18.2 Å². The van der Waals surface area contributed by atoms with Crippen LogP contribution in [0.25, 0.3) is 0 Å². The summed E-state index contributed by atoms with van der Waals surface area (Å²) < 4.78 is 5.71. The normalized spacial score (nSPS) is 23.7. The van der Waals surface area contributed by atoms with Crippen LogP contribution in [0.4, 0.5) is 0 Å². The molecule has 1 saturated carbocycles. The van der Waals surface area contributed by atoms with Gasteiger partial charge in [0.2, 0.25) is 5.91 Å². The second kappa shape index (κ2) is 8.55. The molecule has 1 amide bonds. The summed E-state index contributed by atoms with van der Waals surface area (Å²) in [4.78, 5) is 12.3. The van der Waals surface area contributed by atoms with Crippen LogP contribution in [0, 0.1) is 19.8 Å². The molecule has 3 N–H and O–H groups in total. The van der Waals surface area contributed by atoms with Crippen molar-refractivity contribution in [3.05, 3.63) is 29.3 Å². The lowest BCUT2D eigenvalue weighted by Gasteiger charge is -2.37. The van der Waals surface area contributed by atoms with Gasteiger partial charge < -0.3 is 15.8 Å². The first kappa shape index (κ1) is 19.8. The lowest BCUT2D eigenvalue weighted by molar-refractivity contribution is -0.128. The molecule has 23 heavy (non-hydrogen) atoms. The fourth-order valence-electron chi connectivity index (χ4n) is 3.27. The van der Waals surface area contributed by atoms with Crippen molar-refractivity contribution in [1.82, 2.24) is 5.32 Å². The van der Waals surface area contributed by atoms with Gasteiger partial charge in [-0.25, -0.2) is 0 Å². The molecule has 2 unspecified atom stereocenters. The van der Waals surface area contributed by atoms with E-state index in [2.05, 4.69) is 11.4 Å². The van der Waals surface area contributed by atoms with E-state index in [-0.39, 0.29) is 29.8 Å². The fraction of sp³-hybridized carbons (Fsp3) is 0.611. The Labute approximate surface area is 145 Å². The highest BCUT2D eigenvalue weighted by molar-refractivity contribution is 5.85. The van der Waals surface area contributed by atoms with Crippen molar-refractivity contribution in [1.29, 1.82) is 0 Å². The first-order valence-electron chi connectivity index (χ1n) is 8.16. The zero-order chi connectivity index (χ0) is 16.2. The predicted octanol–water partition coefficient (Wildman–Crippen LogP) is 3.13. The zero-order valence-corrected chi connectivity index (χ0v) is 15.2. The molecular formula is C18H29ClN2O2. The van der Waals surface area contributed by atoms with Crippen molar-refractivity contribution in [3.8, 4) is 5.75 Å². The van der Waals surface area contributed by atoms with E-state index in [4.69, 9.17) is 10.5 Å². The first-order chi connectivity index (χ1) is 10.4. The van der Waals surface area contributed by atoms with Crippen molar-refractivity contribution >= 4 is 18.3 Å². The summed E-state index contributed by atoms with van der Waals surface area (Å²) in [6.07, 6.45) is 4.01. The maximum atomic E-state index is 12.3. The van der Waals surface area contributed by atoms with Crippen LogP contribution >= 0.6 is 12.4 Å². The summed E-state index contributed by atoms with van der Waals surface area (Å²) >= 11 is 0. The minimum absolute atomic E-state index is 0. The second-order valence-corrected chi connectivity index (χ2v) is 6.77. The average molecular weight is 341 g/mol. The Balaban J connectivity index is 0.00000264. The number of benzene rings is 1. The third-order valence-corrected chi connectivity index (χ3v) is 4.44. The molecular weight excluding hydrogens is 312 g/mol. The molecule has 5 heteroatoms. The average Bonchev–Trinajstić information content (AvgIpc) is 2.42. The number of hydrogen-bond acceptors (Lipinski definition) is 3. The highest BCUT2D eigenvalue weighted by Gasteiger charge is 2.37. The molecule has 0 spiro atoms. The van der Waals surface area contributed by atoms with E-state index in [1.54, 1.807) is 0 Å². The van der Waals surface area contributed by atoms with Gasteiger partial charge in [-0.1, -0.05) is 18.9 Å². The van der Waals surface area contributed by atoms with Gasteiger partial charge in [0.05, 0.1) is 12.5 Å². The minimum Gasteiger partial charge on any atom is -0.492 e. The van der Waals surface area contributed by atoms with E-state index >= 15 is 0 Å². The molecule has 0 aromatic heterocycles. The Morgan fingerprint density at radius 1 is 1.30 bits per heavy atom. The third kappa shape index (κ3) is 5.70. The smallest absolute Gasteiger partial charge is 0.225 e. The van der Waals surface area contributed by atoms with Gasteiger partial charge in [-0.15, -0.1) is 12.4 Å². The van der Waals surface area contributed by atoms with Gasteiger partial charge in [0.15, 0.2) is 0 Å². The number of aryl methyl sites for hydroxylation is 2. The second-order valence-electron chi connectivity index (χ2n) is 6.77. The minimum atomic E-state index is -0.378. The largest absolute Gasteiger partial charge is 0.492 e. The molecule has 1 aromatic carbocycles. The van der Waals surface area contributed by atoms with E-state index in [0.29, 0.717) is 13.2 Å². The molecule has 0 aliphatic heterocycles. The standard InChI is InChI=1S/C18H28N2O2.ClH/c1-13-10-14(2)12-15(11-13)22-9-8-20-17(21)16-6-4-5-7-18(16,3)19;/h10-12,16H,4-9,19H2,1-3H3,(H,20,21);1H. The number of amides is 1. The summed E-state index contributed by atoms with van der Waals surface area (Å²) in [5, 5.41) is 2.96. The monoisotopic (exact) mass is 340 g/mol. The molecule has 1 aliphatic rings. The predicted molar refractivity (Wildman–Crippen MR) is 96.2 cm³/mol. The number of nitrogens with one attached hydrogen (secondary N) is 1. The number of hydrogen-bond donors (Lipinski definition) is 2. The van der Waals surface area contributed by atoms with E-state index in [0.717, 1.165) is 31.4 Å². The van der Waals surface area contributed by atoms with Crippen LogP contribution in [0.5, 0.6) is 5.75 Å². The molecule has 2 atom stereocenters. The summed E-state index contributed by atoms with van der Waals surface area (Å²) in [5.41, 5.74) is 8.24. The Bertz CT molecular complexity index is 512. The van der Waals surface area contributed by atoms with Crippen LogP contribution < -0.4 is 15.8 Å². The lowest BCUT2D eigenvalue weighted by Crippen LogP contribution is -2.53. The van der Waals surface area contributed by atoms with Crippen molar-refractivity contribution in [3.63, 3.8) is 0 Å². The molecule has 0 heterocycles. The summed E-state index contributed by atoms with van der Waals surface area (Å²) in [6, 6.07) is 6.12. The quantitative estimate of drug-likeness (QED) is 0.809. The van der Waals surface area contributed by atoms with Gasteiger partial charge >= 0.3 is 0 Å². The summed E-state index contributed by atoms with van der Waals surface area (Å²) in [5.74, 6) is 0.837. The van der Waals surface area contributed by atoms with E-state index < -0.39 is 0 Å². The number of halogens is 1. The van der Waals surface area contributed by atoms with Crippen LogP contribution in [0.2, 0.25) is 0 Å². The van der Waals surface area contributed by atoms with Gasteiger partial charge in [0, 0.05) is 5.54 Å². The first-order valence-corrected chi connectivity index (χ1v) is 8.16. The van der Waals surface area contributed by atoms with Crippen LogP contribution in [0.3, 0.4) is 0 Å². The number of rotatable bonds is 5. The van der Waals surface area contributed by atoms with Crippen molar-refractivity contribution in [2.45, 2.75) is 52.0 Å². The molecule has 0 radical (unpaired) electrons. The summed E-state index contributed by atoms with van der Waals surface area (Å²) in [6.45, 7) is 7.07. The molecule has 2 rings (SSSR count). The maximum Gasteiger partial charge on any atom is 0.225 e. The molecule has 0 bridgehead atoms. The molecule has 0 saturated heterocycles. The molecule has 1 fully saturated rings. The number of ether oxygens (including phenoxy) is 1. The molecule has 1 aliphatic carbocycles. The van der Waals surface area contributed by atoms with E-state index in [1.807, 2.05) is 32.9 Å². The maximum absolute atomic E-state index is 12.3. The highest BCUT2D eigenvalue weighted by atomic mass is 35.5. The van der Waals surface area contributed by atoms with Crippen molar-refractivity contribution in [2.75, 3.05) is 13.2 Å². The number of carbonyl (C=O) groups excluding carboxylic acids is 1. The Morgan fingerprint density at radius 2 is 1.96 bits per heavy atom. The zero-order valence-electron chi connectivity index (χ0n) is 14.4. The number of carbonyl (C=O) groups is 1. The van der Waals surface area contributed by atoms with Gasteiger partial charge in [-0.05, 0) is 56.9 Å². The fourth-order valence-corrected chi connectivity index (χ4v) is 3.27. The summed E-state index contributed by atoms with van der Waals surface area (Å²) in [7, 11) is 0. The SMILES string of the molecule is Cc1cc(C)cc(OCCNC(=O)C2CCCCC2(C)N)c1.Cl. The van der Waals surface area contributed by atoms with Crippen molar-refractivity contribution < 1.29 is 9.53 Å². The van der Waals surface area contributed by atoms with E-state index in [1.165, 1.54) is 11.1 Å². The van der Waals surface area contributed by atoms with Crippen LogP contribution in [0.1, 0.15) is 43.7 Å². The molecule has 130 valence electrons. The van der Waals surface area contributed by atoms with Crippen molar-refractivity contribution in [2.24, 2.45) is 11.7 Å². The highest BCUT2D eigenvalue weighted by Crippen LogP contribution is 2.31. The van der Waals surface area contributed by atoms with Crippen LogP contribution in [-0.2, 0) is 4.79 Å². The van der Waals surface area contributed by atoms with E-state index in [9.17, 15) is 4.79 Å². The molecule has 1 aromatic rings. The Kier molecular flexibility index (Phi) is 7.36. The van der Waals surface area contributed by atoms with Gasteiger partial charge in [-0.2, -0.15) is 0 Å². The Hall–Kier alpha value is -1.26.